The highest BCUT2D eigenvalue weighted by Gasteiger charge is 2.18. The third-order valence-electron chi connectivity index (χ3n) is 4.33. The quantitative estimate of drug-likeness (QED) is 0.731. The Balaban J connectivity index is 1.86. The van der Waals surface area contributed by atoms with Gasteiger partial charge in [0.25, 0.3) is 0 Å². The zero-order valence-corrected chi connectivity index (χ0v) is 13.9. The summed E-state index contributed by atoms with van der Waals surface area (Å²) in [5, 5.41) is 21.8. The lowest BCUT2D eigenvalue weighted by Crippen LogP contribution is -2.11. The van der Waals surface area contributed by atoms with Crippen LogP contribution in [0.3, 0.4) is 0 Å². The van der Waals surface area contributed by atoms with Crippen molar-refractivity contribution in [1.82, 2.24) is 29.9 Å². The Morgan fingerprint density at radius 2 is 2.20 bits per heavy atom. The van der Waals surface area contributed by atoms with Gasteiger partial charge in [0.1, 0.15) is 17.5 Å². The summed E-state index contributed by atoms with van der Waals surface area (Å²) in [6.07, 6.45) is 4.62. The second-order valence-electron chi connectivity index (χ2n) is 6.10. The molecule has 0 unspecified atom stereocenters. The molecule has 1 aliphatic heterocycles. The second-order valence-corrected chi connectivity index (χ2v) is 6.10. The summed E-state index contributed by atoms with van der Waals surface area (Å²) in [5.41, 5.74) is 10.5. The number of nitrogens with zero attached hydrogens (tertiary/aromatic N) is 6. The Kier molecular flexibility index (Phi) is 3.71. The Hall–Kier alpha value is -3.18. The van der Waals surface area contributed by atoms with E-state index in [0.717, 1.165) is 43.0 Å². The summed E-state index contributed by atoms with van der Waals surface area (Å²) < 4.78 is 3.70. The Bertz CT molecular complexity index is 952. The topological polar surface area (TPSA) is 110 Å². The van der Waals surface area contributed by atoms with Gasteiger partial charge in [-0.2, -0.15) is 15.5 Å². The highest BCUT2D eigenvalue weighted by molar-refractivity contribution is 5.78. The summed E-state index contributed by atoms with van der Waals surface area (Å²) in [6.45, 7) is 2.61. The predicted molar refractivity (Wildman–Crippen MR) is 93.1 cm³/mol. The average molecular weight is 334 g/mol. The van der Waals surface area contributed by atoms with Gasteiger partial charge >= 0.3 is 0 Å². The molecule has 0 fully saturated rings. The zero-order chi connectivity index (χ0) is 17.4. The molecule has 3 aromatic heterocycles. The average Bonchev–Trinajstić information content (AvgIpc) is 3.15. The summed E-state index contributed by atoms with van der Waals surface area (Å²) >= 11 is 0. The van der Waals surface area contributed by atoms with Crippen LogP contribution < -0.4 is 11.1 Å². The first-order chi connectivity index (χ1) is 12.2. The van der Waals surface area contributed by atoms with Crippen LogP contribution in [-0.4, -0.2) is 31.1 Å². The molecule has 4 rings (SSSR count). The summed E-state index contributed by atoms with van der Waals surface area (Å²) in [5.74, 6) is 0.208. The number of nitriles is 1. The van der Waals surface area contributed by atoms with Crippen molar-refractivity contribution in [3.8, 4) is 28.6 Å². The maximum Gasteiger partial charge on any atom is 0.142 e. The van der Waals surface area contributed by atoms with Crippen molar-refractivity contribution >= 4 is 5.82 Å². The fourth-order valence-electron chi connectivity index (χ4n) is 3.08. The molecule has 0 saturated carbocycles. The van der Waals surface area contributed by atoms with E-state index in [9.17, 15) is 5.26 Å². The van der Waals surface area contributed by atoms with E-state index < -0.39 is 0 Å². The molecule has 126 valence electrons. The van der Waals surface area contributed by atoms with Crippen LogP contribution in [0.2, 0.25) is 0 Å². The molecular weight excluding hydrogens is 316 g/mol. The molecule has 8 heteroatoms. The maximum absolute atomic E-state index is 9.54. The Labute approximate surface area is 144 Å². The first-order valence-corrected chi connectivity index (χ1v) is 8.13. The van der Waals surface area contributed by atoms with Gasteiger partial charge in [0, 0.05) is 37.5 Å². The Morgan fingerprint density at radius 1 is 1.32 bits per heavy atom. The number of rotatable bonds is 2. The number of fused-ring (bicyclic) bond motifs is 1. The number of anilines is 1. The lowest BCUT2D eigenvalue weighted by Gasteiger charge is -2.07. The molecule has 0 radical (unpaired) electrons. The van der Waals surface area contributed by atoms with E-state index in [-0.39, 0.29) is 5.82 Å². The van der Waals surface area contributed by atoms with Crippen molar-refractivity contribution in [2.75, 3.05) is 12.3 Å². The first-order valence-electron chi connectivity index (χ1n) is 8.13. The van der Waals surface area contributed by atoms with E-state index in [1.54, 1.807) is 10.9 Å². The van der Waals surface area contributed by atoms with E-state index in [4.69, 9.17) is 10.8 Å². The smallest absolute Gasteiger partial charge is 0.142 e. The number of nitrogen functional groups attached to an aromatic ring is 1. The highest BCUT2D eigenvalue weighted by Crippen LogP contribution is 2.31. The number of nitrogens with two attached hydrogens (primary N) is 1. The molecule has 8 nitrogen and oxygen atoms in total. The molecule has 25 heavy (non-hydrogen) atoms. The molecule has 0 spiro atoms. The van der Waals surface area contributed by atoms with E-state index in [2.05, 4.69) is 21.5 Å². The standard InChI is InChI=1S/C17H18N8/c1-24-10-11(8-21-24)15-6-13(14(7-18)17(19)22-15)16-5-12-9-20-3-2-4-25(12)23-16/h5-6,8,10,20H,2-4,9H2,1H3,(H2,19,22). The van der Waals surface area contributed by atoms with E-state index in [1.165, 1.54) is 0 Å². The van der Waals surface area contributed by atoms with Crippen molar-refractivity contribution in [2.45, 2.75) is 19.5 Å². The molecule has 3 aromatic rings. The van der Waals surface area contributed by atoms with Gasteiger partial charge in [-0.3, -0.25) is 9.36 Å². The second kappa shape index (κ2) is 6.03. The lowest BCUT2D eigenvalue weighted by molar-refractivity contribution is 0.589. The molecule has 3 N–H and O–H groups in total. The van der Waals surface area contributed by atoms with Crippen LogP contribution in [0.15, 0.2) is 24.5 Å². The van der Waals surface area contributed by atoms with E-state index >= 15 is 0 Å². The van der Waals surface area contributed by atoms with Crippen molar-refractivity contribution < 1.29 is 0 Å². The molecule has 0 saturated heterocycles. The van der Waals surface area contributed by atoms with Gasteiger partial charge in [0.05, 0.1) is 23.3 Å². The lowest BCUT2D eigenvalue weighted by atomic mass is 10.0. The van der Waals surface area contributed by atoms with Crippen LogP contribution in [0.25, 0.3) is 22.5 Å². The maximum atomic E-state index is 9.54. The minimum absolute atomic E-state index is 0.208. The molecule has 0 amide bonds. The van der Waals surface area contributed by atoms with Gasteiger partial charge in [-0.25, -0.2) is 4.98 Å². The summed E-state index contributed by atoms with van der Waals surface area (Å²) in [4.78, 5) is 4.37. The fraction of sp³-hybridized carbons (Fsp3) is 0.294. The monoisotopic (exact) mass is 334 g/mol. The van der Waals surface area contributed by atoms with Crippen LogP contribution >= 0.6 is 0 Å². The van der Waals surface area contributed by atoms with Crippen LogP contribution in [0.1, 0.15) is 17.7 Å². The van der Waals surface area contributed by atoms with Crippen molar-refractivity contribution in [2.24, 2.45) is 7.05 Å². The number of aryl methyl sites for hydroxylation is 2. The minimum atomic E-state index is 0.208. The number of pyridine rings is 1. The number of nitrogens with one attached hydrogen (secondary N) is 1. The van der Waals surface area contributed by atoms with Gasteiger partial charge in [-0.15, -0.1) is 0 Å². The van der Waals surface area contributed by atoms with Crippen LogP contribution in [-0.2, 0) is 20.1 Å². The zero-order valence-electron chi connectivity index (χ0n) is 13.9. The molecule has 4 heterocycles. The largest absolute Gasteiger partial charge is 0.383 e. The third kappa shape index (κ3) is 2.75. The molecule has 0 aromatic carbocycles. The third-order valence-corrected chi connectivity index (χ3v) is 4.33. The molecule has 0 aliphatic carbocycles. The summed E-state index contributed by atoms with van der Waals surface area (Å²) in [7, 11) is 1.84. The normalized spacial score (nSPS) is 13.9. The van der Waals surface area contributed by atoms with Gasteiger partial charge in [-0.05, 0) is 25.1 Å². The predicted octanol–water partition coefficient (Wildman–Crippen LogP) is 1.29. The van der Waals surface area contributed by atoms with E-state index in [0.29, 0.717) is 16.8 Å². The summed E-state index contributed by atoms with van der Waals surface area (Å²) in [6, 6.07) is 6.04. The van der Waals surface area contributed by atoms with Gasteiger partial charge in [0.2, 0.25) is 0 Å². The van der Waals surface area contributed by atoms with Crippen LogP contribution in [0, 0.1) is 11.3 Å². The SMILES string of the molecule is Cn1cc(-c2cc(-c3cc4n(n3)CCCNC4)c(C#N)c(N)n2)cn1. The molecule has 0 bridgehead atoms. The van der Waals surface area contributed by atoms with Crippen LogP contribution in [0.4, 0.5) is 5.82 Å². The molecule has 1 aliphatic rings. The van der Waals surface area contributed by atoms with E-state index in [1.807, 2.05) is 30.1 Å². The van der Waals surface area contributed by atoms with Gasteiger partial charge in [0.15, 0.2) is 0 Å². The minimum Gasteiger partial charge on any atom is -0.383 e. The fourth-order valence-corrected chi connectivity index (χ4v) is 3.08. The number of hydrogen-bond acceptors (Lipinski definition) is 6. The van der Waals surface area contributed by atoms with Crippen molar-refractivity contribution in [3.63, 3.8) is 0 Å². The van der Waals surface area contributed by atoms with Crippen molar-refractivity contribution in [1.29, 1.82) is 5.26 Å². The van der Waals surface area contributed by atoms with Gasteiger partial charge < -0.3 is 11.1 Å². The number of hydrogen-bond donors (Lipinski definition) is 2. The Morgan fingerprint density at radius 3 is 2.96 bits per heavy atom. The highest BCUT2D eigenvalue weighted by atomic mass is 15.3. The first kappa shape index (κ1) is 15.4. The molecule has 0 atom stereocenters. The van der Waals surface area contributed by atoms with Crippen LogP contribution in [0.5, 0.6) is 0 Å². The molecular formula is C17H18N8. The number of aromatic nitrogens is 5. The van der Waals surface area contributed by atoms with Gasteiger partial charge in [-0.1, -0.05) is 0 Å². The van der Waals surface area contributed by atoms with Crippen molar-refractivity contribution in [3.05, 3.63) is 35.8 Å².